The zero-order valence-corrected chi connectivity index (χ0v) is 14.4. The molecule has 0 radical (unpaired) electrons. The molecule has 2 rings (SSSR count). The van der Waals surface area contributed by atoms with Crippen molar-refractivity contribution in [2.75, 3.05) is 7.11 Å². The minimum absolute atomic E-state index is 0.0410. The highest BCUT2D eigenvalue weighted by atomic mass is 79.9. The lowest BCUT2D eigenvalue weighted by molar-refractivity contribution is 0.0916. The monoisotopic (exact) mass is 411 g/mol. The maximum Gasteiger partial charge on any atom is 0.242 e. The van der Waals surface area contributed by atoms with Crippen LogP contribution in [0.1, 0.15) is 19.3 Å². The van der Waals surface area contributed by atoms with Gasteiger partial charge >= 0.3 is 0 Å². The maximum atomic E-state index is 12.4. The van der Waals surface area contributed by atoms with Gasteiger partial charge < -0.3 is 4.74 Å². The lowest BCUT2D eigenvalue weighted by Crippen LogP contribution is -2.40. The van der Waals surface area contributed by atoms with E-state index >= 15 is 0 Å². The fourth-order valence-electron chi connectivity index (χ4n) is 2.29. The number of hydrogen-bond acceptors (Lipinski definition) is 3. The van der Waals surface area contributed by atoms with Crippen molar-refractivity contribution in [2.24, 2.45) is 0 Å². The second-order valence-electron chi connectivity index (χ2n) is 4.51. The molecule has 0 saturated heterocycles. The summed E-state index contributed by atoms with van der Waals surface area (Å²) in [6.45, 7) is 0. The molecule has 19 heavy (non-hydrogen) atoms. The summed E-state index contributed by atoms with van der Waals surface area (Å²) in [7, 11) is -1.93. The molecule has 0 bridgehead atoms. The van der Waals surface area contributed by atoms with Gasteiger partial charge in [0, 0.05) is 22.1 Å². The van der Waals surface area contributed by atoms with E-state index in [1.54, 1.807) is 25.3 Å². The third-order valence-corrected chi connectivity index (χ3v) is 6.22. The highest BCUT2D eigenvalue weighted by molar-refractivity contribution is 9.11. The molecule has 0 aliphatic heterocycles. The molecule has 0 heterocycles. The molecule has 0 aromatic heterocycles. The fraction of sp³-hybridized carbons (Fsp3) is 0.500. The molecule has 1 aliphatic rings. The zero-order chi connectivity index (χ0) is 14.0. The van der Waals surface area contributed by atoms with E-state index in [2.05, 4.69) is 36.6 Å². The van der Waals surface area contributed by atoms with Gasteiger partial charge in [0.05, 0.1) is 11.0 Å². The summed E-state index contributed by atoms with van der Waals surface area (Å²) < 4.78 is 34.1. The SMILES string of the molecule is COC1CCCC1NS(=O)(=O)c1cc(Br)ccc1Br. The molecule has 106 valence electrons. The van der Waals surface area contributed by atoms with Crippen LogP contribution in [0.5, 0.6) is 0 Å². The van der Waals surface area contributed by atoms with E-state index in [9.17, 15) is 8.42 Å². The van der Waals surface area contributed by atoms with Crippen molar-refractivity contribution in [1.82, 2.24) is 4.72 Å². The van der Waals surface area contributed by atoms with Crippen molar-refractivity contribution >= 4 is 41.9 Å². The first-order chi connectivity index (χ1) is 8.94. The van der Waals surface area contributed by atoms with Crippen molar-refractivity contribution in [2.45, 2.75) is 36.3 Å². The van der Waals surface area contributed by atoms with E-state index in [4.69, 9.17) is 4.74 Å². The Balaban J connectivity index is 2.25. The van der Waals surface area contributed by atoms with E-state index in [-0.39, 0.29) is 17.0 Å². The molecule has 1 aliphatic carbocycles. The van der Waals surface area contributed by atoms with Gasteiger partial charge in [0.1, 0.15) is 0 Å². The van der Waals surface area contributed by atoms with E-state index in [0.717, 1.165) is 23.7 Å². The Kier molecular flexibility index (Phi) is 5.05. The largest absolute Gasteiger partial charge is 0.380 e. The molecule has 7 heteroatoms. The van der Waals surface area contributed by atoms with Crippen LogP contribution < -0.4 is 4.72 Å². The summed E-state index contributed by atoms with van der Waals surface area (Å²) >= 11 is 6.57. The van der Waals surface area contributed by atoms with Gasteiger partial charge in [-0.15, -0.1) is 0 Å². The quantitative estimate of drug-likeness (QED) is 0.826. The third-order valence-electron chi connectivity index (χ3n) is 3.24. The van der Waals surface area contributed by atoms with Gasteiger partial charge in [-0.05, 0) is 53.4 Å². The molecule has 2 unspecified atom stereocenters. The Morgan fingerprint density at radius 1 is 1.32 bits per heavy atom. The van der Waals surface area contributed by atoms with Crippen LogP contribution >= 0.6 is 31.9 Å². The summed E-state index contributed by atoms with van der Waals surface area (Å²) in [6.07, 6.45) is 2.64. The number of benzene rings is 1. The number of sulfonamides is 1. The first-order valence-corrected chi connectivity index (χ1v) is 9.01. The molecule has 1 saturated carbocycles. The molecule has 1 aromatic rings. The predicted octanol–water partition coefficient (Wildman–Crippen LogP) is 3.06. The predicted molar refractivity (Wildman–Crippen MR) is 80.6 cm³/mol. The lowest BCUT2D eigenvalue weighted by atomic mass is 10.2. The van der Waals surface area contributed by atoms with Crippen LogP contribution in [0.3, 0.4) is 0 Å². The summed E-state index contributed by atoms with van der Waals surface area (Å²) in [5.74, 6) is 0. The standard InChI is InChI=1S/C12H15Br2NO3S/c1-18-11-4-2-3-10(11)15-19(16,17)12-7-8(13)5-6-9(12)14/h5-7,10-11,15H,2-4H2,1H3. The van der Waals surface area contributed by atoms with E-state index in [0.29, 0.717) is 4.47 Å². The lowest BCUT2D eigenvalue weighted by Gasteiger charge is -2.20. The number of ether oxygens (including phenoxy) is 1. The number of halogens is 2. The van der Waals surface area contributed by atoms with Gasteiger partial charge in [-0.3, -0.25) is 0 Å². The Morgan fingerprint density at radius 2 is 2.05 bits per heavy atom. The maximum absolute atomic E-state index is 12.4. The number of hydrogen-bond donors (Lipinski definition) is 1. The normalized spacial score (nSPS) is 23.7. The minimum Gasteiger partial charge on any atom is -0.380 e. The van der Waals surface area contributed by atoms with Crippen LogP contribution in [0.25, 0.3) is 0 Å². The molecular formula is C12H15Br2NO3S. The van der Waals surface area contributed by atoms with Crippen molar-refractivity contribution in [3.8, 4) is 0 Å². The second-order valence-corrected chi connectivity index (χ2v) is 7.96. The molecule has 1 aromatic carbocycles. The van der Waals surface area contributed by atoms with Crippen molar-refractivity contribution in [1.29, 1.82) is 0 Å². The molecular weight excluding hydrogens is 398 g/mol. The average molecular weight is 413 g/mol. The fourth-order valence-corrected chi connectivity index (χ4v) is 5.09. The number of methoxy groups -OCH3 is 1. The Labute approximate surface area is 130 Å². The molecule has 4 nitrogen and oxygen atoms in total. The molecule has 1 N–H and O–H groups in total. The van der Waals surface area contributed by atoms with Gasteiger partial charge in [0.15, 0.2) is 0 Å². The Morgan fingerprint density at radius 3 is 2.74 bits per heavy atom. The highest BCUT2D eigenvalue weighted by Crippen LogP contribution is 2.28. The Bertz CT molecular complexity index is 562. The zero-order valence-electron chi connectivity index (χ0n) is 10.4. The van der Waals surface area contributed by atoms with Crippen LogP contribution in [0, 0.1) is 0 Å². The van der Waals surface area contributed by atoms with Gasteiger partial charge in [0.2, 0.25) is 10.0 Å². The van der Waals surface area contributed by atoms with Gasteiger partial charge in [0.25, 0.3) is 0 Å². The number of nitrogens with one attached hydrogen (secondary N) is 1. The molecule has 0 amide bonds. The third kappa shape index (κ3) is 3.58. The van der Waals surface area contributed by atoms with Crippen LogP contribution in [0.2, 0.25) is 0 Å². The smallest absolute Gasteiger partial charge is 0.242 e. The molecule has 1 fully saturated rings. The summed E-state index contributed by atoms with van der Waals surface area (Å²) in [6, 6.07) is 4.93. The summed E-state index contributed by atoms with van der Waals surface area (Å²) in [4.78, 5) is 0.239. The first kappa shape index (κ1) is 15.4. The van der Waals surface area contributed by atoms with Crippen LogP contribution in [-0.4, -0.2) is 27.7 Å². The summed E-state index contributed by atoms with van der Waals surface area (Å²) in [5, 5.41) is 0. The van der Waals surface area contributed by atoms with Crippen LogP contribution in [-0.2, 0) is 14.8 Å². The van der Waals surface area contributed by atoms with Gasteiger partial charge in [-0.2, -0.15) is 0 Å². The average Bonchev–Trinajstić information content (AvgIpc) is 2.78. The van der Waals surface area contributed by atoms with Gasteiger partial charge in [-0.1, -0.05) is 15.9 Å². The van der Waals surface area contributed by atoms with Crippen molar-refractivity contribution < 1.29 is 13.2 Å². The van der Waals surface area contributed by atoms with Gasteiger partial charge in [-0.25, -0.2) is 13.1 Å². The first-order valence-electron chi connectivity index (χ1n) is 5.94. The topological polar surface area (TPSA) is 55.4 Å². The second kappa shape index (κ2) is 6.22. The molecule has 2 atom stereocenters. The van der Waals surface area contributed by atoms with Crippen LogP contribution in [0.4, 0.5) is 0 Å². The summed E-state index contributed by atoms with van der Waals surface area (Å²) in [5.41, 5.74) is 0. The van der Waals surface area contributed by atoms with E-state index in [1.807, 2.05) is 0 Å². The Hall–Kier alpha value is 0.0500. The van der Waals surface area contributed by atoms with E-state index < -0.39 is 10.0 Å². The highest BCUT2D eigenvalue weighted by Gasteiger charge is 2.32. The minimum atomic E-state index is -3.55. The number of rotatable bonds is 4. The molecule has 0 spiro atoms. The van der Waals surface area contributed by atoms with Crippen molar-refractivity contribution in [3.05, 3.63) is 27.1 Å². The van der Waals surface area contributed by atoms with Crippen molar-refractivity contribution in [3.63, 3.8) is 0 Å². The van der Waals surface area contributed by atoms with E-state index in [1.165, 1.54) is 0 Å². The van der Waals surface area contributed by atoms with Crippen LogP contribution in [0.15, 0.2) is 32.0 Å².